The number of hydrogen-bond donors (Lipinski definition) is 2. The first kappa shape index (κ1) is 10.7. The van der Waals surface area contributed by atoms with Crippen molar-refractivity contribution in [1.82, 2.24) is 5.32 Å². The lowest BCUT2D eigenvalue weighted by atomic mass is 9.96. The number of nitrogens with one attached hydrogen (secondary N) is 1. The third kappa shape index (κ3) is 2.85. The molecule has 14 heavy (non-hydrogen) atoms. The van der Waals surface area contributed by atoms with Crippen molar-refractivity contribution in [2.45, 2.75) is 12.3 Å². The summed E-state index contributed by atoms with van der Waals surface area (Å²) in [6.45, 7) is -0.00255. The quantitative estimate of drug-likeness (QED) is 0.746. The number of aliphatic hydroxyl groups is 1. The lowest BCUT2D eigenvalue weighted by Crippen LogP contribution is -2.21. The largest absolute Gasteiger partial charge is 0.396 e. The van der Waals surface area contributed by atoms with Crippen molar-refractivity contribution < 1.29 is 9.90 Å². The van der Waals surface area contributed by atoms with Crippen LogP contribution in [0.25, 0.3) is 0 Å². The molecule has 0 aliphatic rings. The molecule has 1 rings (SSSR count). The van der Waals surface area contributed by atoms with Crippen LogP contribution in [0.1, 0.15) is 17.9 Å². The standard InChI is InChI=1S/C11H15NO2/c1-12-11(14)7-10(8-13)9-5-3-2-4-6-9/h2-6,10,13H,7-8H2,1H3,(H,12,14)/t10-/m1/s1. The third-order valence-electron chi connectivity index (χ3n) is 2.20. The minimum atomic E-state index is -0.101. The Morgan fingerprint density at radius 3 is 2.57 bits per heavy atom. The highest BCUT2D eigenvalue weighted by atomic mass is 16.3. The van der Waals surface area contributed by atoms with E-state index in [1.54, 1.807) is 7.05 Å². The van der Waals surface area contributed by atoms with Gasteiger partial charge in [-0.1, -0.05) is 30.3 Å². The van der Waals surface area contributed by atoms with E-state index < -0.39 is 0 Å². The van der Waals surface area contributed by atoms with E-state index in [1.807, 2.05) is 30.3 Å². The molecule has 0 saturated heterocycles. The lowest BCUT2D eigenvalue weighted by Gasteiger charge is -2.13. The molecule has 1 amide bonds. The van der Waals surface area contributed by atoms with Gasteiger partial charge in [-0.3, -0.25) is 4.79 Å². The van der Waals surface area contributed by atoms with Gasteiger partial charge < -0.3 is 10.4 Å². The minimum absolute atomic E-state index is 0.00255. The van der Waals surface area contributed by atoms with E-state index in [-0.39, 0.29) is 18.4 Å². The molecule has 0 saturated carbocycles. The summed E-state index contributed by atoms with van der Waals surface area (Å²) >= 11 is 0. The Bertz CT molecular complexity index is 285. The molecular formula is C11H15NO2. The predicted molar refractivity (Wildman–Crippen MR) is 55.0 cm³/mol. The van der Waals surface area contributed by atoms with E-state index in [9.17, 15) is 4.79 Å². The molecule has 76 valence electrons. The van der Waals surface area contributed by atoms with Crippen molar-refractivity contribution in [2.24, 2.45) is 0 Å². The summed E-state index contributed by atoms with van der Waals surface area (Å²) in [5.41, 5.74) is 0.999. The van der Waals surface area contributed by atoms with Gasteiger partial charge in [0.05, 0.1) is 6.61 Å². The zero-order chi connectivity index (χ0) is 10.4. The van der Waals surface area contributed by atoms with Gasteiger partial charge in [0.2, 0.25) is 5.91 Å². The van der Waals surface area contributed by atoms with E-state index in [0.29, 0.717) is 6.42 Å². The summed E-state index contributed by atoms with van der Waals surface area (Å²) in [6.07, 6.45) is 0.330. The summed E-state index contributed by atoms with van der Waals surface area (Å²) in [7, 11) is 1.60. The van der Waals surface area contributed by atoms with Crippen LogP contribution in [0.5, 0.6) is 0 Å². The van der Waals surface area contributed by atoms with Gasteiger partial charge in [0.1, 0.15) is 0 Å². The molecule has 3 nitrogen and oxygen atoms in total. The van der Waals surface area contributed by atoms with E-state index in [1.165, 1.54) is 0 Å². The van der Waals surface area contributed by atoms with Gasteiger partial charge in [0.15, 0.2) is 0 Å². The van der Waals surface area contributed by atoms with Crippen LogP contribution < -0.4 is 5.32 Å². The van der Waals surface area contributed by atoms with E-state index >= 15 is 0 Å². The Kier molecular flexibility index (Phi) is 4.13. The molecule has 0 heterocycles. The van der Waals surface area contributed by atoms with Crippen molar-refractivity contribution >= 4 is 5.91 Å². The average Bonchev–Trinajstić information content (AvgIpc) is 2.26. The molecule has 0 spiro atoms. The van der Waals surface area contributed by atoms with Crippen LogP contribution in [0.3, 0.4) is 0 Å². The van der Waals surface area contributed by atoms with Crippen LogP contribution in [0, 0.1) is 0 Å². The fourth-order valence-corrected chi connectivity index (χ4v) is 1.34. The van der Waals surface area contributed by atoms with Gasteiger partial charge in [0, 0.05) is 19.4 Å². The average molecular weight is 193 g/mol. The van der Waals surface area contributed by atoms with Crippen molar-refractivity contribution in [1.29, 1.82) is 0 Å². The molecule has 0 aromatic heterocycles. The van der Waals surface area contributed by atoms with Crippen molar-refractivity contribution in [3.8, 4) is 0 Å². The second-order valence-electron chi connectivity index (χ2n) is 3.17. The smallest absolute Gasteiger partial charge is 0.220 e. The van der Waals surface area contributed by atoms with Crippen LogP contribution in [0.2, 0.25) is 0 Å². The SMILES string of the molecule is CNC(=O)C[C@H](CO)c1ccccc1. The molecule has 0 unspecified atom stereocenters. The van der Waals surface area contributed by atoms with Gasteiger partial charge >= 0.3 is 0 Å². The second kappa shape index (κ2) is 5.40. The van der Waals surface area contributed by atoms with Crippen molar-refractivity contribution in [3.05, 3.63) is 35.9 Å². The third-order valence-corrected chi connectivity index (χ3v) is 2.20. The highest BCUT2D eigenvalue weighted by Crippen LogP contribution is 2.18. The van der Waals surface area contributed by atoms with E-state index in [4.69, 9.17) is 5.11 Å². The number of carbonyl (C=O) groups is 1. The van der Waals surface area contributed by atoms with Crippen LogP contribution in [0.15, 0.2) is 30.3 Å². The molecule has 0 aliphatic carbocycles. The Morgan fingerprint density at radius 2 is 2.07 bits per heavy atom. The lowest BCUT2D eigenvalue weighted by molar-refractivity contribution is -0.121. The highest BCUT2D eigenvalue weighted by molar-refractivity contribution is 5.76. The summed E-state index contributed by atoms with van der Waals surface area (Å²) < 4.78 is 0. The Labute approximate surface area is 83.8 Å². The number of carbonyl (C=O) groups excluding carboxylic acids is 1. The maximum atomic E-state index is 11.1. The number of aliphatic hydroxyl groups excluding tert-OH is 1. The number of amides is 1. The fourth-order valence-electron chi connectivity index (χ4n) is 1.34. The first-order valence-corrected chi connectivity index (χ1v) is 4.64. The Morgan fingerprint density at radius 1 is 1.43 bits per heavy atom. The first-order valence-electron chi connectivity index (χ1n) is 4.64. The molecule has 0 bridgehead atoms. The minimum Gasteiger partial charge on any atom is -0.396 e. The predicted octanol–water partition coefficient (Wildman–Crippen LogP) is 0.899. The fraction of sp³-hybridized carbons (Fsp3) is 0.364. The molecule has 1 aromatic carbocycles. The summed E-state index contributed by atoms with van der Waals surface area (Å²) in [4.78, 5) is 11.1. The molecular weight excluding hydrogens is 178 g/mol. The monoisotopic (exact) mass is 193 g/mol. The van der Waals surface area contributed by atoms with Gasteiger partial charge in [-0.25, -0.2) is 0 Å². The molecule has 0 radical (unpaired) electrons. The second-order valence-corrected chi connectivity index (χ2v) is 3.17. The van der Waals surface area contributed by atoms with Crippen LogP contribution >= 0.6 is 0 Å². The van der Waals surface area contributed by atoms with Crippen LogP contribution in [-0.2, 0) is 4.79 Å². The molecule has 3 heteroatoms. The van der Waals surface area contributed by atoms with Crippen LogP contribution in [0.4, 0.5) is 0 Å². The molecule has 2 N–H and O–H groups in total. The van der Waals surface area contributed by atoms with Crippen molar-refractivity contribution in [3.63, 3.8) is 0 Å². The highest BCUT2D eigenvalue weighted by Gasteiger charge is 2.13. The molecule has 1 atom stereocenters. The number of hydrogen-bond acceptors (Lipinski definition) is 2. The van der Waals surface area contributed by atoms with Gasteiger partial charge in [0.25, 0.3) is 0 Å². The van der Waals surface area contributed by atoms with Crippen LogP contribution in [-0.4, -0.2) is 24.7 Å². The molecule has 1 aromatic rings. The topological polar surface area (TPSA) is 49.3 Å². The first-order chi connectivity index (χ1) is 6.77. The summed E-state index contributed by atoms with van der Waals surface area (Å²) in [6, 6.07) is 9.56. The van der Waals surface area contributed by atoms with E-state index in [0.717, 1.165) is 5.56 Å². The number of rotatable bonds is 4. The van der Waals surface area contributed by atoms with Gasteiger partial charge in [-0.15, -0.1) is 0 Å². The Balaban J connectivity index is 2.68. The molecule has 0 fully saturated rings. The maximum Gasteiger partial charge on any atom is 0.220 e. The van der Waals surface area contributed by atoms with Gasteiger partial charge in [-0.2, -0.15) is 0 Å². The normalized spacial score (nSPS) is 12.1. The van der Waals surface area contributed by atoms with E-state index in [2.05, 4.69) is 5.32 Å². The Hall–Kier alpha value is -1.35. The van der Waals surface area contributed by atoms with Crippen molar-refractivity contribution in [2.75, 3.05) is 13.7 Å². The maximum absolute atomic E-state index is 11.1. The molecule has 0 aliphatic heterocycles. The van der Waals surface area contributed by atoms with Gasteiger partial charge in [-0.05, 0) is 5.56 Å². The number of benzene rings is 1. The summed E-state index contributed by atoms with van der Waals surface area (Å²) in [5.74, 6) is -0.149. The zero-order valence-corrected chi connectivity index (χ0v) is 8.23. The summed E-state index contributed by atoms with van der Waals surface area (Å²) in [5, 5.41) is 11.7. The zero-order valence-electron chi connectivity index (χ0n) is 8.23.